The molecule has 0 spiro atoms. The SMILES string of the molecule is O=S(=O)(NCc1ccccn1)c1ccc(OC(F)(F)F)cc1. The Morgan fingerprint density at radius 3 is 2.32 bits per heavy atom. The lowest BCUT2D eigenvalue weighted by atomic mass is 10.3. The molecule has 0 unspecified atom stereocenters. The van der Waals surface area contributed by atoms with Gasteiger partial charge in [0, 0.05) is 6.20 Å². The van der Waals surface area contributed by atoms with Crippen LogP contribution in [0.3, 0.4) is 0 Å². The number of hydrogen-bond acceptors (Lipinski definition) is 4. The van der Waals surface area contributed by atoms with E-state index in [1.807, 2.05) is 0 Å². The van der Waals surface area contributed by atoms with Gasteiger partial charge in [0.2, 0.25) is 10.0 Å². The Labute approximate surface area is 124 Å². The summed E-state index contributed by atoms with van der Waals surface area (Å²) >= 11 is 0. The molecule has 2 rings (SSSR count). The van der Waals surface area contributed by atoms with Crippen molar-refractivity contribution in [3.05, 3.63) is 54.4 Å². The second-order valence-corrected chi connectivity index (χ2v) is 5.93. The zero-order valence-corrected chi connectivity index (χ0v) is 11.9. The molecule has 0 aliphatic heterocycles. The maximum absolute atomic E-state index is 12.0. The third kappa shape index (κ3) is 4.71. The van der Waals surface area contributed by atoms with Crippen LogP contribution in [0.15, 0.2) is 53.6 Å². The molecule has 1 aromatic heterocycles. The molecular formula is C13H11F3N2O3S. The van der Waals surface area contributed by atoms with Crippen LogP contribution in [0.2, 0.25) is 0 Å². The Morgan fingerprint density at radius 2 is 1.77 bits per heavy atom. The smallest absolute Gasteiger partial charge is 0.406 e. The van der Waals surface area contributed by atoms with Gasteiger partial charge in [-0.2, -0.15) is 0 Å². The molecule has 0 aliphatic carbocycles. The number of rotatable bonds is 5. The highest BCUT2D eigenvalue weighted by atomic mass is 32.2. The minimum atomic E-state index is -4.82. The number of halogens is 3. The summed E-state index contributed by atoms with van der Waals surface area (Å²) in [5, 5.41) is 0. The first-order valence-corrected chi connectivity index (χ1v) is 7.50. The van der Waals surface area contributed by atoms with E-state index in [1.165, 1.54) is 6.20 Å². The van der Waals surface area contributed by atoms with Crippen LogP contribution in [0.1, 0.15) is 5.69 Å². The van der Waals surface area contributed by atoms with Crippen LogP contribution in [0.4, 0.5) is 13.2 Å². The molecule has 0 aliphatic rings. The molecule has 0 atom stereocenters. The molecule has 0 saturated heterocycles. The van der Waals surface area contributed by atoms with Crippen LogP contribution < -0.4 is 9.46 Å². The van der Waals surface area contributed by atoms with Gasteiger partial charge in [-0.05, 0) is 36.4 Å². The fraction of sp³-hybridized carbons (Fsp3) is 0.154. The van der Waals surface area contributed by atoms with Crippen molar-refractivity contribution >= 4 is 10.0 Å². The Bertz CT molecular complexity index is 716. The number of pyridine rings is 1. The molecule has 0 bridgehead atoms. The van der Waals surface area contributed by atoms with Gasteiger partial charge >= 0.3 is 6.36 Å². The molecule has 118 valence electrons. The molecule has 9 heteroatoms. The highest BCUT2D eigenvalue weighted by Gasteiger charge is 2.31. The maximum Gasteiger partial charge on any atom is 0.573 e. The summed E-state index contributed by atoms with van der Waals surface area (Å²) in [5.74, 6) is -0.490. The van der Waals surface area contributed by atoms with Crippen LogP contribution in [-0.4, -0.2) is 19.8 Å². The van der Waals surface area contributed by atoms with Gasteiger partial charge in [0.05, 0.1) is 17.1 Å². The quantitative estimate of drug-likeness (QED) is 0.913. The molecule has 22 heavy (non-hydrogen) atoms. The lowest BCUT2D eigenvalue weighted by molar-refractivity contribution is -0.274. The summed E-state index contributed by atoms with van der Waals surface area (Å²) in [5.41, 5.74) is 0.517. The highest BCUT2D eigenvalue weighted by Crippen LogP contribution is 2.23. The number of ether oxygens (including phenoxy) is 1. The summed E-state index contributed by atoms with van der Waals surface area (Å²) in [6.07, 6.45) is -3.30. The van der Waals surface area contributed by atoms with Crippen LogP contribution in [0.5, 0.6) is 5.75 Å². The van der Waals surface area contributed by atoms with E-state index >= 15 is 0 Å². The van der Waals surface area contributed by atoms with Crippen LogP contribution in [-0.2, 0) is 16.6 Å². The number of hydrogen-bond donors (Lipinski definition) is 1. The van der Waals surface area contributed by atoms with Crippen molar-refractivity contribution in [3.63, 3.8) is 0 Å². The average molecular weight is 332 g/mol. The molecule has 5 nitrogen and oxygen atoms in total. The Morgan fingerprint density at radius 1 is 1.09 bits per heavy atom. The van der Waals surface area contributed by atoms with Gasteiger partial charge in [-0.15, -0.1) is 13.2 Å². The maximum atomic E-state index is 12.0. The average Bonchev–Trinajstić information content (AvgIpc) is 2.45. The predicted octanol–water partition coefficient (Wildman–Crippen LogP) is 2.46. The van der Waals surface area contributed by atoms with Gasteiger partial charge in [-0.1, -0.05) is 6.07 Å². The highest BCUT2D eigenvalue weighted by molar-refractivity contribution is 7.89. The van der Waals surface area contributed by atoms with E-state index in [9.17, 15) is 21.6 Å². The minimum Gasteiger partial charge on any atom is -0.406 e. The summed E-state index contributed by atoms with van der Waals surface area (Å²) in [7, 11) is -3.85. The van der Waals surface area contributed by atoms with E-state index in [0.29, 0.717) is 5.69 Å². The number of alkyl halides is 3. The monoisotopic (exact) mass is 332 g/mol. The van der Waals surface area contributed by atoms with Gasteiger partial charge in [-0.25, -0.2) is 13.1 Å². The van der Waals surface area contributed by atoms with Gasteiger partial charge in [0.15, 0.2) is 0 Å². The molecular weight excluding hydrogens is 321 g/mol. The Hall–Kier alpha value is -2.13. The standard InChI is InChI=1S/C13H11F3N2O3S/c14-13(15,16)21-11-4-6-12(7-5-11)22(19,20)18-9-10-3-1-2-8-17-10/h1-8,18H,9H2. The van der Waals surface area contributed by atoms with E-state index < -0.39 is 22.1 Å². The van der Waals surface area contributed by atoms with Crippen molar-refractivity contribution < 1.29 is 26.3 Å². The number of nitrogens with zero attached hydrogens (tertiary/aromatic N) is 1. The summed E-state index contributed by atoms with van der Waals surface area (Å²) in [4.78, 5) is 3.79. The van der Waals surface area contributed by atoms with Crippen molar-refractivity contribution in [2.45, 2.75) is 17.8 Å². The van der Waals surface area contributed by atoms with Crippen LogP contribution in [0, 0.1) is 0 Å². The first-order chi connectivity index (χ1) is 10.3. The molecule has 0 fully saturated rings. The molecule has 1 heterocycles. The lowest BCUT2D eigenvalue weighted by Crippen LogP contribution is -2.23. The zero-order valence-electron chi connectivity index (χ0n) is 11.0. The third-order valence-corrected chi connectivity index (χ3v) is 3.95. The number of nitrogens with one attached hydrogen (secondary N) is 1. The first kappa shape index (κ1) is 16.2. The molecule has 1 aromatic carbocycles. The molecule has 0 amide bonds. The van der Waals surface area contributed by atoms with E-state index in [4.69, 9.17) is 0 Å². The van der Waals surface area contributed by atoms with Gasteiger partial charge in [-0.3, -0.25) is 4.98 Å². The lowest BCUT2D eigenvalue weighted by Gasteiger charge is -2.10. The number of sulfonamides is 1. The summed E-state index contributed by atoms with van der Waals surface area (Å²) in [6, 6.07) is 8.97. The number of aromatic nitrogens is 1. The van der Waals surface area contributed by atoms with Crippen molar-refractivity contribution in [1.29, 1.82) is 0 Å². The van der Waals surface area contributed by atoms with Crippen LogP contribution in [0.25, 0.3) is 0 Å². The largest absolute Gasteiger partial charge is 0.573 e. The van der Waals surface area contributed by atoms with E-state index in [1.54, 1.807) is 18.2 Å². The summed E-state index contributed by atoms with van der Waals surface area (Å²) in [6.45, 7) is -0.0238. The third-order valence-electron chi connectivity index (χ3n) is 2.54. The second kappa shape index (κ2) is 6.32. The molecule has 2 aromatic rings. The van der Waals surface area contributed by atoms with Gasteiger partial charge in [0.1, 0.15) is 5.75 Å². The van der Waals surface area contributed by atoms with E-state index in [-0.39, 0.29) is 11.4 Å². The zero-order chi connectivity index (χ0) is 16.2. The number of benzene rings is 1. The fourth-order valence-corrected chi connectivity index (χ4v) is 2.57. The Balaban J connectivity index is 2.06. The second-order valence-electron chi connectivity index (χ2n) is 4.16. The summed E-state index contributed by atoms with van der Waals surface area (Å²) < 4.78 is 66.1. The van der Waals surface area contributed by atoms with Gasteiger partial charge in [0.25, 0.3) is 0 Å². The van der Waals surface area contributed by atoms with E-state index in [0.717, 1.165) is 24.3 Å². The topological polar surface area (TPSA) is 68.3 Å². The predicted molar refractivity (Wildman–Crippen MR) is 71.4 cm³/mol. The van der Waals surface area contributed by atoms with Gasteiger partial charge < -0.3 is 4.74 Å². The van der Waals surface area contributed by atoms with Crippen LogP contribution >= 0.6 is 0 Å². The normalized spacial score (nSPS) is 12.1. The molecule has 1 N–H and O–H groups in total. The minimum absolute atomic E-state index is 0.0238. The van der Waals surface area contributed by atoms with Crippen molar-refractivity contribution in [3.8, 4) is 5.75 Å². The van der Waals surface area contributed by atoms with Crippen molar-refractivity contribution in [2.24, 2.45) is 0 Å². The molecule has 0 saturated carbocycles. The van der Waals surface area contributed by atoms with Crippen molar-refractivity contribution in [2.75, 3.05) is 0 Å². The van der Waals surface area contributed by atoms with E-state index in [2.05, 4.69) is 14.4 Å². The Kier molecular flexibility index (Phi) is 4.67. The first-order valence-electron chi connectivity index (χ1n) is 6.02. The molecule has 0 radical (unpaired) electrons. The van der Waals surface area contributed by atoms with Crippen molar-refractivity contribution in [1.82, 2.24) is 9.71 Å². The fourth-order valence-electron chi connectivity index (χ4n) is 1.58.